The Morgan fingerprint density at radius 2 is 1.67 bits per heavy atom. The molecular formula is C13H22O5. The highest BCUT2D eigenvalue weighted by Crippen LogP contribution is 2.30. The standard InChI is InChI=1S/C13H22O5/c1-6-17-12(16)13(10(4)14,7-9(2)3)8-18-11(5)15/h9H,6-8H2,1-5H3. The third-order valence-electron chi connectivity index (χ3n) is 2.62. The molecule has 0 spiro atoms. The number of hydrogen-bond donors (Lipinski definition) is 0. The van der Waals surface area contributed by atoms with Crippen molar-refractivity contribution in [3.8, 4) is 0 Å². The number of rotatable bonds is 7. The Hall–Kier alpha value is -1.39. The summed E-state index contributed by atoms with van der Waals surface area (Å²) in [6, 6.07) is 0. The maximum atomic E-state index is 12.0. The second-order valence-electron chi connectivity index (χ2n) is 4.74. The van der Waals surface area contributed by atoms with Crippen molar-refractivity contribution >= 4 is 17.7 Å². The van der Waals surface area contributed by atoms with Crippen molar-refractivity contribution in [3.63, 3.8) is 0 Å². The fourth-order valence-corrected chi connectivity index (χ4v) is 1.78. The van der Waals surface area contributed by atoms with Crippen molar-refractivity contribution in [2.24, 2.45) is 11.3 Å². The second kappa shape index (κ2) is 7.13. The van der Waals surface area contributed by atoms with Crippen molar-refractivity contribution in [1.82, 2.24) is 0 Å². The molecule has 0 aromatic carbocycles. The summed E-state index contributed by atoms with van der Waals surface area (Å²) in [6.45, 7) is 7.95. The van der Waals surface area contributed by atoms with Crippen LogP contribution < -0.4 is 0 Å². The van der Waals surface area contributed by atoms with Gasteiger partial charge in [-0.25, -0.2) is 0 Å². The summed E-state index contributed by atoms with van der Waals surface area (Å²) < 4.78 is 9.83. The Balaban J connectivity index is 5.20. The molecule has 18 heavy (non-hydrogen) atoms. The zero-order chi connectivity index (χ0) is 14.3. The van der Waals surface area contributed by atoms with Crippen molar-refractivity contribution in [2.75, 3.05) is 13.2 Å². The number of ether oxygens (including phenoxy) is 2. The Morgan fingerprint density at radius 3 is 2.00 bits per heavy atom. The molecule has 0 aromatic rings. The lowest BCUT2D eigenvalue weighted by Gasteiger charge is -2.29. The lowest BCUT2D eigenvalue weighted by Crippen LogP contribution is -2.45. The van der Waals surface area contributed by atoms with E-state index >= 15 is 0 Å². The monoisotopic (exact) mass is 258 g/mol. The van der Waals surface area contributed by atoms with Crippen LogP contribution in [0.5, 0.6) is 0 Å². The van der Waals surface area contributed by atoms with E-state index in [-0.39, 0.29) is 24.9 Å². The van der Waals surface area contributed by atoms with Crippen LogP contribution in [0.1, 0.15) is 41.0 Å². The van der Waals surface area contributed by atoms with Gasteiger partial charge in [0.1, 0.15) is 6.61 Å². The van der Waals surface area contributed by atoms with Crippen LogP contribution in [0.15, 0.2) is 0 Å². The first-order valence-electron chi connectivity index (χ1n) is 6.08. The summed E-state index contributed by atoms with van der Waals surface area (Å²) in [5.41, 5.74) is -1.38. The van der Waals surface area contributed by atoms with Crippen LogP contribution in [-0.2, 0) is 23.9 Å². The molecule has 0 N–H and O–H groups in total. The van der Waals surface area contributed by atoms with Crippen LogP contribution in [0.3, 0.4) is 0 Å². The van der Waals surface area contributed by atoms with Gasteiger partial charge in [0.15, 0.2) is 11.2 Å². The fraction of sp³-hybridized carbons (Fsp3) is 0.769. The van der Waals surface area contributed by atoms with Crippen LogP contribution in [0.4, 0.5) is 0 Å². The Labute approximate surface area is 108 Å². The minimum absolute atomic E-state index is 0.105. The van der Waals surface area contributed by atoms with E-state index in [1.165, 1.54) is 13.8 Å². The topological polar surface area (TPSA) is 69.7 Å². The van der Waals surface area contributed by atoms with Crippen molar-refractivity contribution in [3.05, 3.63) is 0 Å². The molecule has 1 unspecified atom stereocenters. The molecule has 0 heterocycles. The molecule has 0 rings (SSSR count). The Morgan fingerprint density at radius 1 is 1.11 bits per heavy atom. The molecule has 0 aliphatic carbocycles. The second-order valence-corrected chi connectivity index (χ2v) is 4.74. The van der Waals surface area contributed by atoms with Crippen LogP contribution in [0.25, 0.3) is 0 Å². The molecular weight excluding hydrogens is 236 g/mol. The molecule has 5 heteroatoms. The van der Waals surface area contributed by atoms with E-state index in [0.717, 1.165) is 0 Å². The third kappa shape index (κ3) is 4.47. The molecule has 1 atom stereocenters. The lowest BCUT2D eigenvalue weighted by atomic mass is 9.77. The maximum Gasteiger partial charge on any atom is 0.323 e. The molecule has 0 aliphatic heterocycles. The van der Waals surface area contributed by atoms with Gasteiger partial charge in [-0.15, -0.1) is 0 Å². The van der Waals surface area contributed by atoms with E-state index in [2.05, 4.69) is 0 Å². The minimum Gasteiger partial charge on any atom is -0.465 e. The molecule has 0 radical (unpaired) electrons. The van der Waals surface area contributed by atoms with Crippen molar-refractivity contribution in [1.29, 1.82) is 0 Å². The lowest BCUT2D eigenvalue weighted by molar-refractivity contribution is -0.167. The number of carbonyl (C=O) groups excluding carboxylic acids is 3. The highest BCUT2D eigenvalue weighted by Gasteiger charge is 2.46. The van der Waals surface area contributed by atoms with Crippen LogP contribution in [-0.4, -0.2) is 30.9 Å². The number of esters is 2. The first-order valence-corrected chi connectivity index (χ1v) is 6.08. The average Bonchev–Trinajstić information content (AvgIpc) is 2.23. The van der Waals surface area contributed by atoms with Crippen LogP contribution >= 0.6 is 0 Å². The van der Waals surface area contributed by atoms with Crippen molar-refractivity contribution < 1.29 is 23.9 Å². The Kier molecular flexibility index (Phi) is 6.58. The van der Waals surface area contributed by atoms with E-state index in [1.807, 2.05) is 13.8 Å². The molecule has 0 fully saturated rings. The molecule has 0 saturated heterocycles. The van der Waals surface area contributed by atoms with Gasteiger partial charge in [-0.1, -0.05) is 13.8 Å². The molecule has 0 amide bonds. The molecule has 0 aliphatic rings. The van der Waals surface area contributed by atoms with E-state index in [0.29, 0.717) is 6.42 Å². The molecule has 0 aromatic heterocycles. The number of carbonyl (C=O) groups is 3. The van der Waals surface area contributed by atoms with Gasteiger partial charge in [-0.05, 0) is 26.2 Å². The minimum atomic E-state index is -1.38. The summed E-state index contributed by atoms with van der Waals surface area (Å²) in [4.78, 5) is 34.8. The van der Waals surface area contributed by atoms with Gasteiger partial charge in [-0.2, -0.15) is 0 Å². The summed E-state index contributed by atoms with van der Waals surface area (Å²) >= 11 is 0. The van der Waals surface area contributed by atoms with E-state index in [1.54, 1.807) is 6.92 Å². The molecule has 104 valence electrons. The zero-order valence-corrected chi connectivity index (χ0v) is 11.7. The molecule has 0 saturated carbocycles. The quantitative estimate of drug-likeness (QED) is 0.514. The number of ketones is 1. The first-order chi connectivity index (χ1) is 8.26. The number of hydrogen-bond acceptors (Lipinski definition) is 5. The first kappa shape index (κ1) is 16.6. The van der Waals surface area contributed by atoms with Gasteiger partial charge >= 0.3 is 11.9 Å². The average molecular weight is 258 g/mol. The van der Waals surface area contributed by atoms with Gasteiger partial charge in [0.2, 0.25) is 0 Å². The van der Waals surface area contributed by atoms with E-state index in [4.69, 9.17) is 9.47 Å². The largest absolute Gasteiger partial charge is 0.465 e. The zero-order valence-electron chi connectivity index (χ0n) is 11.7. The summed E-state index contributed by atoms with van der Waals surface area (Å²) in [6.07, 6.45) is 0.300. The Bertz CT molecular complexity index is 321. The predicted octanol–water partition coefficient (Wildman–Crippen LogP) is 1.73. The van der Waals surface area contributed by atoms with Gasteiger partial charge in [0, 0.05) is 6.92 Å². The van der Waals surface area contributed by atoms with Crippen LogP contribution in [0, 0.1) is 11.3 Å². The van der Waals surface area contributed by atoms with Crippen LogP contribution in [0.2, 0.25) is 0 Å². The third-order valence-corrected chi connectivity index (χ3v) is 2.62. The van der Waals surface area contributed by atoms with E-state index in [9.17, 15) is 14.4 Å². The summed E-state index contributed by atoms with van der Waals surface area (Å²) in [5, 5.41) is 0. The van der Waals surface area contributed by atoms with Gasteiger partial charge in [0.25, 0.3) is 0 Å². The summed E-state index contributed by atoms with van der Waals surface area (Å²) in [5.74, 6) is -1.37. The summed E-state index contributed by atoms with van der Waals surface area (Å²) in [7, 11) is 0. The van der Waals surface area contributed by atoms with Gasteiger partial charge in [-0.3, -0.25) is 14.4 Å². The smallest absolute Gasteiger partial charge is 0.323 e. The van der Waals surface area contributed by atoms with E-state index < -0.39 is 17.4 Å². The predicted molar refractivity (Wildman–Crippen MR) is 65.8 cm³/mol. The highest BCUT2D eigenvalue weighted by molar-refractivity contribution is 6.03. The SMILES string of the molecule is CCOC(=O)C(COC(C)=O)(CC(C)C)C(C)=O. The maximum absolute atomic E-state index is 12.0. The number of Topliss-reactive ketones (excluding diaryl/α,β-unsaturated/α-hetero) is 1. The van der Waals surface area contributed by atoms with Gasteiger partial charge in [0.05, 0.1) is 6.61 Å². The van der Waals surface area contributed by atoms with Gasteiger partial charge < -0.3 is 9.47 Å². The normalized spacial score (nSPS) is 13.9. The molecule has 0 bridgehead atoms. The van der Waals surface area contributed by atoms with Crippen molar-refractivity contribution in [2.45, 2.75) is 41.0 Å². The highest BCUT2D eigenvalue weighted by atomic mass is 16.6. The molecule has 5 nitrogen and oxygen atoms in total. The fourth-order valence-electron chi connectivity index (χ4n) is 1.78.